The number of anilines is 1. The number of nitrogens with zero attached hydrogens (tertiary/aromatic N) is 1. The Kier molecular flexibility index (Phi) is 8.18. The number of ether oxygens (including phenoxy) is 3. The number of hydrogen-bond donors (Lipinski definition) is 1. The van der Waals surface area contributed by atoms with Gasteiger partial charge in [-0.3, -0.25) is 9.10 Å². The van der Waals surface area contributed by atoms with Crippen LogP contribution in [-0.4, -0.2) is 42.2 Å². The third-order valence-electron chi connectivity index (χ3n) is 5.33. The van der Waals surface area contributed by atoms with Gasteiger partial charge in [-0.2, -0.15) is 0 Å². The van der Waals surface area contributed by atoms with E-state index in [-0.39, 0.29) is 10.6 Å². The lowest BCUT2D eigenvalue weighted by atomic mass is 10.1. The maximum absolute atomic E-state index is 13.5. The van der Waals surface area contributed by atoms with Gasteiger partial charge in [0.05, 0.1) is 38.0 Å². The first-order chi connectivity index (χ1) is 16.7. The minimum atomic E-state index is -4.16. The molecule has 0 fully saturated rings. The molecule has 1 atom stereocenters. The molecule has 0 bridgehead atoms. The summed E-state index contributed by atoms with van der Waals surface area (Å²) in [6.45, 7) is 1.21. The lowest BCUT2D eigenvalue weighted by Crippen LogP contribution is -2.41. The van der Waals surface area contributed by atoms with E-state index in [0.29, 0.717) is 22.8 Å². The highest BCUT2D eigenvalue weighted by Crippen LogP contribution is 2.30. The average molecular weight is 503 g/mol. The Labute approximate surface area is 204 Å². The molecule has 0 saturated carbocycles. The molecule has 35 heavy (non-hydrogen) atoms. The smallest absolute Gasteiger partial charge is 0.264 e. The zero-order valence-corrected chi connectivity index (χ0v) is 20.6. The molecule has 186 valence electrons. The fraction of sp³-hybridized carbons (Fsp3) is 0.240. The number of hydrogen-bond acceptors (Lipinski definition) is 6. The van der Waals surface area contributed by atoms with Crippen LogP contribution in [0.3, 0.4) is 0 Å². The molecule has 0 saturated heterocycles. The number of sulfonamides is 1. The molecule has 0 aliphatic heterocycles. The van der Waals surface area contributed by atoms with E-state index in [0.717, 1.165) is 16.4 Å². The molecule has 0 aromatic heterocycles. The largest absolute Gasteiger partial charge is 0.497 e. The monoisotopic (exact) mass is 502 g/mol. The van der Waals surface area contributed by atoms with Gasteiger partial charge in [-0.05, 0) is 73.7 Å². The predicted molar refractivity (Wildman–Crippen MR) is 130 cm³/mol. The van der Waals surface area contributed by atoms with Gasteiger partial charge >= 0.3 is 0 Å². The molecule has 0 heterocycles. The average Bonchev–Trinajstić information content (AvgIpc) is 2.87. The summed E-state index contributed by atoms with van der Waals surface area (Å²) >= 11 is 0. The van der Waals surface area contributed by atoms with E-state index in [9.17, 15) is 17.6 Å². The van der Waals surface area contributed by atoms with Gasteiger partial charge in [0, 0.05) is 5.56 Å². The lowest BCUT2D eigenvalue weighted by molar-refractivity contribution is -0.120. The van der Waals surface area contributed by atoms with Crippen LogP contribution in [0, 0.1) is 5.82 Å². The van der Waals surface area contributed by atoms with Crippen LogP contribution in [0.25, 0.3) is 0 Å². The molecular weight excluding hydrogens is 475 g/mol. The molecule has 0 unspecified atom stereocenters. The van der Waals surface area contributed by atoms with Crippen molar-refractivity contribution in [3.63, 3.8) is 0 Å². The summed E-state index contributed by atoms with van der Waals surface area (Å²) in [7, 11) is 0.347. The van der Waals surface area contributed by atoms with Crippen LogP contribution in [-0.2, 0) is 14.8 Å². The third-order valence-corrected chi connectivity index (χ3v) is 7.12. The second-order valence-electron chi connectivity index (χ2n) is 7.56. The van der Waals surface area contributed by atoms with Gasteiger partial charge in [0.1, 0.15) is 29.6 Å². The van der Waals surface area contributed by atoms with Crippen LogP contribution < -0.4 is 23.8 Å². The Morgan fingerprint density at radius 2 is 1.51 bits per heavy atom. The lowest BCUT2D eigenvalue weighted by Gasteiger charge is -2.25. The van der Waals surface area contributed by atoms with Crippen LogP contribution in [0.15, 0.2) is 71.6 Å². The second-order valence-corrected chi connectivity index (χ2v) is 9.42. The summed E-state index contributed by atoms with van der Waals surface area (Å²) in [6.07, 6.45) is 0. The standard InChI is InChI=1S/C25H27FN2O6S/c1-17(23-15-21(33-3)11-14-24(23)34-4)27-25(29)16-28(19-7-5-18(26)6-8-19)35(30,31)22-12-9-20(32-2)10-13-22/h5-15,17H,16H2,1-4H3,(H,27,29)/t17-/m1/s1. The Hall–Kier alpha value is -3.79. The third kappa shape index (κ3) is 6.02. The molecule has 0 aliphatic carbocycles. The highest BCUT2D eigenvalue weighted by molar-refractivity contribution is 7.92. The maximum Gasteiger partial charge on any atom is 0.264 e. The van der Waals surface area contributed by atoms with Gasteiger partial charge in [-0.25, -0.2) is 12.8 Å². The fourth-order valence-corrected chi connectivity index (χ4v) is 4.89. The first kappa shape index (κ1) is 25.8. The summed E-state index contributed by atoms with van der Waals surface area (Å²) in [5.41, 5.74) is 0.801. The summed E-state index contributed by atoms with van der Waals surface area (Å²) in [5, 5.41) is 2.80. The van der Waals surface area contributed by atoms with E-state index < -0.39 is 34.3 Å². The highest BCUT2D eigenvalue weighted by Gasteiger charge is 2.28. The molecule has 8 nitrogen and oxygen atoms in total. The Bertz CT molecular complexity index is 1260. The van der Waals surface area contributed by atoms with Gasteiger partial charge in [0.15, 0.2) is 0 Å². The van der Waals surface area contributed by atoms with Crippen LogP contribution in [0.1, 0.15) is 18.5 Å². The SMILES string of the molecule is COc1ccc(S(=O)(=O)N(CC(=O)N[C@H](C)c2cc(OC)ccc2OC)c2ccc(F)cc2)cc1. The van der Waals surface area contributed by atoms with Gasteiger partial charge in [-0.1, -0.05) is 0 Å². The van der Waals surface area contributed by atoms with E-state index in [1.807, 2.05) is 0 Å². The molecule has 1 N–H and O–H groups in total. The molecule has 3 aromatic rings. The van der Waals surface area contributed by atoms with Gasteiger partial charge < -0.3 is 19.5 Å². The summed E-state index contributed by atoms with van der Waals surface area (Å²) in [5.74, 6) is 0.510. The number of benzene rings is 3. The molecule has 3 aromatic carbocycles. The van der Waals surface area contributed by atoms with Crippen molar-refractivity contribution in [3.8, 4) is 17.2 Å². The van der Waals surface area contributed by atoms with Crippen LogP contribution >= 0.6 is 0 Å². The number of carbonyl (C=O) groups excluding carboxylic acids is 1. The molecule has 3 rings (SSSR count). The number of halogens is 1. The van der Waals surface area contributed by atoms with E-state index in [2.05, 4.69) is 5.32 Å². The Morgan fingerprint density at radius 1 is 0.914 bits per heavy atom. The van der Waals surface area contributed by atoms with Crippen molar-refractivity contribution in [2.24, 2.45) is 0 Å². The van der Waals surface area contributed by atoms with E-state index in [4.69, 9.17) is 14.2 Å². The van der Waals surface area contributed by atoms with Crippen LogP contribution in [0.5, 0.6) is 17.2 Å². The van der Waals surface area contributed by atoms with Crippen LogP contribution in [0.2, 0.25) is 0 Å². The zero-order chi connectivity index (χ0) is 25.6. The summed E-state index contributed by atoms with van der Waals surface area (Å²) in [6, 6.07) is 15.3. The van der Waals surface area contributed by atoms with E-state index >= 15 is 0 Å². The topological polar surface area (TPSA) is 94.2 Å². The number of methoxy groups -OCH3 is 3. The summed E-state index contributed by atoms with van der Waals surface area (Å²) in [4.78, 5) is 13.0. The highest BCUT2D eigenvalue weighted by atomic mass is 32.2. The normalized spacial score (nSPS) is 11.9. The second kappa shape index (κ2) is 11.1. The van der Waals surface area contributed by atoms with Crippen molar-refractivity contribution >= 4 is 21.6 Å². The number of amides is 1. The van der Waals surface area contributed by atoms with Gasteiger partial charge in [0.2, 0.25) is 5.91 Å². The molecule has 0 aliphatic rings. The van der Waals surface area contributed by atoms with Crippen molar-refractivity contribution in [2.75, 3.05) is 32.2 Å². The number of carbonyl (C=O) groups is 1. The van der Waals surface area contributed by atoms with Crippen molar-refractivity contribution in [1.82, 2.24) is 5.32 Å². The van der Waals surface area contributed by atoms with Crippen molar-refractivity contribution in [1.29, 1.82) is 0 Å². The fourth-order valence-electron chi connectivity index (χ4n) is 3.47. The van der Waals surface area contributed by atoms with Gasteiger partial charge in [0.25, 0.3) is 10.0 Å². The van der Waals surface area contributed by atoms with Crippen molar-refractivity contribution in [2.45, 2.75) is 17.9 Å². The maximum atomic E-state index is 13.5. The Balaban J connectivity index is 1.90. The number of rotatable bonds is 10. The minimum absolute atomic E-state index is 0.0436. The molecule has 0 radical (unpaired) electrons. The molecular formula is C25H27FN2O6S. The zero-order valence-electron chi connectivity index (χ0n) is 19.8. The molecule has 1 amide bonds. The molecule has 0 spiro atoms. The van der Waals surface area contributed by atoms with E-state index in [1.165, 1.54) is 57.7 Å². The van der Waals surface area contributed by atoms with Crippen molar-refractivity contribution in [3.05, 3.63) is 78.1 Å². The Morgan fingerprint density at radius 3 is 2.09 bits per heavy atom. The predicted octanol–water partition coefficient (Wildman–Crippen LogP) is 3.92. The minimum Gasteiger partial charge on any atom is -0.497 e. The molecule has 10 heteroatoms. The van der Waals surface area contributed by atoms with Gasteiger partial charge in [-0.15, -0.1) is 0 Å². The first-order valence-corrected chi connectivity index (χ1v) is 12.1. The first-order valence-electron chi connectivity index (χ1n) is 10.6. The number of nitrogens with one attached hydrogen (secondary N) is 1. The van der Waals surface area contributed by atoms with Crippen molar-refractivity contribution < 1.29 is 31.8 Å². The van der Waals surface area contributed by atoms with E-state index in [1.54, 1.807) is 25.1 Å². The summed E-state index contributed by atoms with van der Waals surface area (Å²) < 4.78 is 57.1. The van der Waals surface area contributed by atoms with Crippen LogP contribution in [0.4, 0.5) is 10.1 Å². The quantitative estimate of drug-likeness (QED) is 0.452.